The van der Waals surface area contributed by atoms with E-state index in [0.29, 0.717) is 22.4 Å². The van der Waals surface area contributed by atoms with Crippen LogP contribution in [0.4, 0.5) is 11.4 Å². The lowest BCUT2D eigenvalue weighted by Crippen LogP contribution is -2.30. The summed E-state index contributed by atoms with van der Waals surface area (Å²) in [5.41, 5.74) is 3.06. The Balaban J connectivity index is 1.58. The van der Waals surface area contributed by atoms with Gasteiger partial charge in [0.1, 0.15) is 0 Å². The largest absolute Gasteiger partial charge is 0.321 e. The molecule has 1 amide bonds. The molecule has 1 heterocycles. The smallest absolute Gasteiger partial charge is 0.264 e. The maximum absolute atomic E-state index is 13.0. The van der Waals surface area contributed by atoms with Crippen LogP contribution in [-0.2, 0) is 10.0 Å². The van der Waals surface area contributed by atoms with Crippen molar-refractivity contribution in [1.82, 2.24) is 0 Å². The van der Waals surface area contributed by atoms with Crippen LogP contribution in [0.25, 0.3) is 21.9 Å². The molecule has 1 aliphatic heterocycles. The van der Waals surface area contributed by atoms with Crippen molar-refractivity contribution < 1.29 is 13.2 Å². The topological polar surface area (TPSA) is 66.5 Å². The van der Waals surface area contributed by atoms with Crippen molar-refractivity contribution >= 4 is 38.1 Å². The van der Waals surface area contributed by atoms with Crippen LogP contribution in [-0.4, -0.2) is 21.4 Å². The van der Waals surface area contributed by atoms with Gasteiger partial charge in [-0.05, 0) is 35.7 Å². The number of benzene rings is 4. The molecule has 0 radical (unpaired) electrons. The summed E-state index contributed by atoms with van der Waals surface area (Å²) < 4.78 is 26.9. The monoisotopic (exact) mass is 414 g/mol. The number of nitrogens with zero attached hydrogens (tertiary/aromatic N) is 1. The number of carbonyl (C=O) groups is 1. The number of sulfonamides is 1. The lowest BCUT2D eigenvalue weighted by atomic mass is 10.00. The standard InChI is InChI=1S/C24H18N2O3S/c1-26-22-14-13-17(15-20(22)19-10-4-5-12-23(19)30(26,28)29)24(27)25-21-11-6-8-16-7-2-3-9-18(16)21/h2-15H,1H3,(H,25,27). The van der Waals surface area contributed by atoms with Crippen molar-refractivity contribution in [3.8, 4) is 11.1 Å². The third-order valence-electron chi connectivity index (χ3n) is 5.45. The second-order valence-electron chi connectivity index (χ2n) is 7.18. The fraction of sp³-hybridized carbons (Fsp3) is 0.0417. The fourth-order valence-electron chi connectivity index (χ4n) is 3.89. The zero-order valence-corrected chi connectivity index (χ0v) is 17.0. The van der Waals surface area contributed by atoms with Gasteiger partial charge in [-0.1, -0.05) is 54.6 Å². The van der Waals surface area contributed by atoms with Crippen LogP contribution in [0.15, 0.2) is 89.8 Å². The predicted octanol–water partition coefficient (Wildman–Crippen LogP) is 4.90. The summed E-state index contributed by atoms with van der Waals surface area (Å²) in [6.45, 7) is 0. The summed E-state index contributed by atoms with van der Waals surface area (Å²) in [5.74, 6) is -0.247. The van der Waals surface area contributed by atoms with Gasteiger partial charge in [0.2, 0.25) is 0 Å². The van der Waals surface area contributed by atoms with E-state index in [9.17, 15) is 13.2 Å². The van der Waals surface area contributed by atoms with Gasteiger partial charge in [0, 0.05) is 34.8 Å². The lowest BCUT2D eigenvalue weighted by molar-refractivity contribution is 0.102. The highest BCUT2D eigenvalue weighted by atomic mass is 32.2. The minimum Gasteiger partial charge on any atom is -0.321 e. The van der Waals surface area contributed by atoms with Gasteiger partial charge in [-0.2, -0.15) is 0 Å². The highest BCUT2D eigenvalue weighted by Crippen LogP contribution is 2.42. The van der Waals surface area contributed by atoms with Crippen LogP contribution >= 0.6 is 0 Å². The first-order chi connectivity index (χ1) is 14.5. The molecule has 0 spiro atoms. The first kappa shape index (κ1) is 18.4. The van der Waals surface area contributed by atoms with Gasteiger partial charge in [0.15, 0.2) is 0 Å². The zero-order valence-electron chi connectivity index (χ0n) is 16.2. The number of fused-ring (bicyclic) bond motifs is 4. The van der Waals surface area contributed by atoms with E-state index in [2.05, 4.69) is 5.32 Å². The van der Waals surface area contributed by atoms with Gasteiger partial charge in [0.25, 0.3) is 15.9 Å². The van der Waals surface area contributed by atoms with E-state index < -0.39 is 10.0 Å². The Morgan fingerprint density at radius 2 is 1.57 bits per heavy atom. The van der Waals surface area contributed by atoms with Crippen molar-refractivity contribution in [3.63, 3.8) is 0 Å². The Morgan fingerprint density at radius 1 is 0.833 bits per heavy atom. The molecule has 0 saturated heterocycles. The average molecular weight is 414 g/mol. The summed E-state index contributed by atoms with van der Waals surface area (Å²) in [4.78, 5) is 13.3. The number of carbonyl (C=O) groups excluding carboxylic acids is 1. The molecular formula is C24H18N2O3S. The van der Waals surface area contributed by atoms with E-state index >= 15 is 0 Å². The molecule has 30 heavy (non-hydrogen) atoms. The number of rotatable bonds is 2. The van der Waals surface area contributed by atoms with Crippen LogP contribution in [0.3, 0.4) is 0 Å². The second-order valence-corrected chi connectivity index (χ2v) is 9.12. The fourth-order valence-corrected chi connectivity index (χ4v) is 5.31. The van der Waals surface area contributed by atoms with Crippen LogP contribution < -0.4 is 9.62 Å². The lowest BCUT2D eigenvalue weighted by Gasteiger charge is -2.29. The van der Waals surface area contributed by atoms with E-state index in [-0.39, 0.29) is 10.8 Å². The molecule has 4 aromatic carbocycles. The van der Waals surface area contributed by atoms with Gasteiger partial charge >= 0.3 is 0 Å². The number of nitrogens with one attached hydrogen (secondary N) is 1. The number of hydrogen-bond acceptors (Lipinski definition) is 3. The van der Waals surface area contributed by atoms with Crippen LogP contribution in [0, 0.1) is 0 Å². The summed E-state index contributed by atoms with van der Waals surface area (Å²) >= 11 is 0. The van der Waals surface area contributed by atoms with Crippen LogP contribution in [0.5, 0.6) is 0 Å². The molecule has 5 nitrogen and oxygen atoms in total. The summed E-state index contributed by atoms with van der Waals surface area (Å²) in [5, 5.41) is 4.99. The predicted molar refractivity (Wildman–Crippen MR) is 119 cm³/mol. The Hall–Kier alpha value is -3.64. The highest BCUT2D eigenvalue weighted by molar-refractivity contribution is 7.93. The summed E-state index contributed by atoms with van der Waals surface area (Å²) in [7, 11) is -2.08. The Bertz CT molecular complexity index is 1420. The van der Waals surface area contributed by atoms with Crippen molar-refractivity contribution in [2.24, 2.45) is 0 Å². The Labute approximate surface area is 174 Å². The highest BCUT2D eigenvalue weighted by Gasteiger charge is 2.32. The molecule has 4 aromatic rings. The van der Waals surface area contributed by atoms with Gasteiger partial charge in [-0.25, -0.2) is 8.42 Å². The van der Waals surface area contributed by atoms with Crippen LogP contribution in [0.2, 0.25) is 0 Å². The molecule has 148 valence electrons. The van der Waals surface area contributed by atoms with Crippen molar-refractivity contribution in [2.75, 3.05) is 16.7 Å². The first-order valence-electron chi connectivity index (χ1n) is 9.48. The van der Waals surface area contributed by atoms with Crippen molar-refractivity contribution in [1.29, 1.82) is 0 Å². The van der Waals surface area contributed by atoms with E-state index in [4.69, 9.17) is 0 Å². The molecular weight excluding hydrogens is 396 g/mol. The zero-order chi connectivity index (χ0) is 20.9. The molecule has 0 fully saturated rings. The Kier molecular flexibility index (Phi) is 4.11. The summed E-state index contributed by atoms with van der Waals surface area (Å²) in [6.07, 6.45) is 0. The van der Waals surface area contributed by atoms with E-state index in [1.807, 2.05) is 42.5 Å². The average Bonchev–Trinajstić information content (AvgIpc) is 2.77. The molecule has 0 aromatic heterocycles. The number of amides is 1. The molecule has 0 aliphatic carbocycles. The van der Waals surface area contributed by atoms with Gasteiger partial charge < -0.3 is 5.32 Å². The van der Waals surface area contributed by atoms with Crippen molar-refractivity contribution in [2.45, 2.75) is 4.90 Å². The molecule has 1 aliphatic rings. The minimum atomic E-state index is -3.61. The van der Waals surface area contributed by atoms with Gasteiger partial charge in [-0.3, -0.25) is 9.10 Å². The molecule has 0 bridgehead atoms. The van der Waals surface area contributed by atoms with E-state index in [0.717, 1.165) is 16.5 Å². The molecule has 6 heteroatoms. The third-order valence-corrected chi connectivity index (χ3v) is 7.28. The summed E-state index contributed by atoms with van der Waals surface area (Å²) in [6, 6.07) is 25.6. The van der Waals surface area contributed by atoms with E-state index in [1.54, 1.807) is 42.5 Å². The van der Waals surface area contributed by atoms with E-state index in [1.165, 1.54) is 11.4 Å². The van der Waals surface area contributed by atoms with Gasteiger partial charge in [-0.15, -0.1) is 0 Å². The first-order valence-corrected chi connectivity index (χ1v) is 10.9. The third kappa shape index (κ3) is 2.76. The van der Waals surface area contributed by atoms with Gasteiger partial charge in [0.05, 0.1) is 10.6 Å². The molecule has 1 N–H and O–H groups in total. The molecule has 0 atom stereocenters. The number of hydrogen-bond donors (Lipinski definition) is 1. The SMILES string of the molecule is CN1c2ccc(C(=O)Nc3cccc4ccccc34)cc2-c2ccccc2S1(=O)=O. The number of anilines is 2. The molecule has 0 saturated carbocycles. The normalized spacial score (nSPS) is 14.1. The minimum absolute atomic E-state index is 0.242. The van der Waals surface area contributed by atoms with Crippen molar-refractivity contribution in [3.05, 3.63) is 90.5 Å². The second kappa shape index (κ2) is 6.71. The quantitative estimate of drug-likeness (QED) is 0.507. The molecule has 5 rings (SSSR count). The Morgan fingerprint density at radius 3 is 2.43 bits per heavy atom. The maximum Gasteiger partial charge on any atom is 0.264 e. The molecule has 0 unspecified atom stereocenters. The van der Waals surface area contributed by atoms with Crippen LogP contribution in [0.1, 0.15) is 10.4 Å². The maximum atomic E-state index is 13.0.